The van der Waals surface area contributed by atoms with E-state index in [9.17, 15) is 9.90 Å². The van der Waals surface area contributed by atoms with Gasteiger partial charge in [-0.05, 0) is 47.8 Å². The van der Waals surface area contributed by atoms with Crippen LogP contribution in [0.25, 0.3) is 5.69 Å². The summed E-state index contributed by atoms with van der Waals surface area (Å²) >= 11 is 3.51. The normalized spacial score (nSPS) is 22.2. The molecule has 1 N–H and O–H groups in total. The number of carboxylic acid groups (broad SMARTS) is 1. The molecule has 0 radical (unpaired) electrons. The van der Waals surface area contributed by atoms with Crippen LogP contribution in [0.2, 0.25) is 0 Å². The summed E-state index contributed by atoms with van der Waals surface area (Å²) in [7, 11) is 0. The topological polar surface area (TPSA) is 71.2 Å². The molecule has 3 rings (SSSR count). The standard InChI is InChI=1S/C16H19BrN4O2/c1-11-6-7-12(16(22)23)8-20(11)9-13-10-21(19-18-13)15-5-3-2-4-14(15)17/h2-5,10-12H,6-9H2,1H3,(H,22,23). The first kappa shape index (κ1) is 16.1. The van der Waals surface area contributed by atoms with Crippen LogP contribution < -0.4 is 0 Å². The second-order valence-electron chi connectivity index (χ2n) is 6.00. The number of rotatable bonds is 4. The minimum atomic E-state index is -0.709. The number of hydrogen-bond donors (Lipinski definition) is 1. The Morgan fingerprint density at radius 1 is 1.39 bits per heavy atom. The van der Waals surface area contributed by atoms with Gasteiger partial charge in [0, 0.05) is 23.6 Å². The van der Waals surface area contributed by atoms with Gasteiger partial charge in [0.2, 0.25) is 0 Å². The van der Waals surface area contributed by atoms with Gasteiger partial charge in [-0.15, -0.1) is 5.10 Å². The van der Waals surface area contributed by atoms with Crippen LogP contribution in [-0.2, 0) is 11.3 Å². The maximum Gasteiger partial charge on any atom is 0.307 e. The fraction of sp³-hybridized carbons (Fsp3) is 0.438. The molecule has 0 saturated carbocycles. The van der Waals surface area contributed by atoms with Gasteiger partial charge < -0.3 is 5.11 Å². The van der Waals surface area contributed by atoms with E-state index in [0.717, 1.165) is 28.7 Å². The molecule has 2 heterocycles. The zero-order valence-corrected chi connectivity index (χ0v) is 14.5. The van der Waals surface area contributed by atoms with Gasteiger partial charge in [0.05, 0.1) is 23.5 Å². The molecule has 0 aliphatic carbocycles. The molecule has 2 atom stereocenters. The van der Waals surface area contributed by atoms with Crippen molar-refractivity contribution in [3.05, 3.63) is 40.6 Å². The second-order valence-corrected chi connectivity index (χ2v) is 6.85. The van der Waals surface area contributed by atoms with Crippen LogP contribution in [0.3, 0.4) is 0 Å². The second kappa shape index (κ2) is 6.80. The van der Waals surface area contributed by atoms with Crippen molar-refractivity contribution in [3.8, 4) is 5.69 Å². The average Bonchev–Trinajstić information content (AvgIpc) is 2.98. The molecule has 1 aliphatic heterocycles. The highest BCUT2D eigenvalue weighted by Gasteiger charge is 2.30. The van der Waals surface area contributed by atoms with Gasteiger partial charge in [-0.3, -0.25) is 9.69 Å². The van der Waals surface area contributed by atoms with Crippen LogP contribution >= 0.6 is 15.9 Å². The third-order valence-electron chi connectivity index (χ3n) is 4.37. The van der Waals surface area contributed by atoms with E-state index in [-0.39, 0.29) is 5.92 Å². The Balaban J connectivity index is 1.73. The number of aromatic nitrogens is 3. The first-order valence-electron chi connectivity index (χ1n) is 7.67. The Hall–Kier alpha value is -1.73. The summed E-state index contributed by atoms with van der Waals surface area (Å²) in [6, 6.07) is 8.19. The van der Waals surface area contributed by atoms with E-state index in [2.05, 4.69) is 38.1 Å². The lowest BCUT2D eigenvalue weighted by atomic mass is 9.93. The van der Waals surface area contributed by atoms with E-state index in [1.165, 1.54) is 0 Å². The molecule has 1 aromatic heterocycles. The molecule has 1 saturated heterocycles. The minimum Gasteiger partial charge on any atom is -0.481 e. The van der Waals surface area contributed by atoms with Gasteiger partial charge in [0.25, 0.3) is 0 Å². The number of aliphatic carboxylic acids is 1. The zero-order valence-electron chi connectivity index (χ0n) is 12.9. The van der Waals surface area contributed by atoms with Crippen LogP contribution in [0.15, 0.2) is 34.9 Å². The Morgan fingerprint density at radius 2 is 2.17 bits per heavy atom. The molecule has 0 amide bonds. The maximum absolute atomic E-state index is 11.2. The lowest BCUT2D eigenvalue weighted by Gasteiger charge is -2.35. The Kier molecular flexibility index (Phi) is 4.77. The molecule has 0 spiro atoms. The Labute approximate surface area is 143 Å². The molecular weight excluding hydrogens is 360 g/mol. The van der Waals surface area contributed by atoms with Crippen molar-refractivity contribution in [2.75, 3.05) is 6.54 Å². The number of carbonyl (C=O) groups is 1. The number of benzene rings is 1. The van der Waals surface area contributed by atoms with Gasteiger partial charge in [0.1, 0.15) is 0 Å². The SMILES string of the molecule is CC1CCC(C(=O)O)CN1Cc1cn(-c2ccccc2Br)nn1. The third-order valence-corrected chi connectivity index (χ3v) is 5.04. The summed E-state index contributed by atoms with van der Waals surface area (Å²) in [6.07, 6.45) is 3.54. The first-order valence-corrected chi connectivity index (χ1v) is 8.47. The van der Waals surface area contributed by atoms with Crippen molar-refractivity contribution in [2.24, 2.45) is 5.92 Å². The monoisotopic (exact) mass is 378 g/mol. The van der Waals surface area contributed by atoms with Crippen molar-refractivity contribution in [1.29, 1.82) is 0 Å². The fourth-order valence-corrected chi connectivity index (χ4v) is 3.40. The van der Waals surface area contributed by atoms with E-state index in [1.54, 1.807) is 4.68 Å². The number of para-hydroxylation sites is 1. The van der Waals surface area contributed by atoms with Crippen LogP contribution in [0, 0.1) is 5.92 Å². The molecule has 2 aromatic rings. The van der Waals surface area contributed by atoms with E-state index in [0.29, 0.717) is 19.1 Å². The highest BCUT2D eigenvalue weighted by Crippen LogP contribution is 2.24. The average molecular weight is 379 g/mol. The third kappa shape index (κ3) is 3.61. The van der Waals surface area contributed by atoms with Crippen molar-refractivity contribution < 1.29 is 9.90 Å². The lowest BCUT2D eigenvalue weighted by molar-refractivity contribution is -0.144. The summed E-state index contributed by atoms with van der Waals surface area (Å²) in [4.78, 5) is 13.4. The lowest BCUT2D eigenvalue weighted by Crippen LogP contribution is -2.43. The smallest absolute Gasteiger partial charge is 0.307 e. The Morgan fingerprint density at radius 3 is 2.91 bits per heavy atom. The number of piperidine rings is 1. The van der Waals surface area contributed by atoms with Gasteiger partial charge in [-0.2, -0.15) is 0 Å². The summed E-state index contributed by atoms with van der Waals surface area (Å²) in [6.45, 7) is 3.32. The van der Waals surface area contributed by atoms with Crippen molar-refractivity contribution >= 4 is 21.9 Å². The van der Waals surface area contributed by atoms with Crippen LogP contribution in [-0.4, -0.2) is 43.6 Å². The molecule has 7 heteroatoms. The minimum absolute atomic E-state index is 0.287. The zero-order chi connectivity index (χ0) is 16.4. The molecule has 122 valence electrons. The summed E-state index contributed by atoms with van der Waals surface area (Å²) in [5.41, 5.74) is 1.78. The summed E-state index contributed by atoms with van der Waals surface area (Å²) in [5.74, 6) is -0.997. The van der Waals surface area contributed by atoms with Crippen LogP contribution in [0.4, 0.5) is 0 Å². The number of carboxylic acids is 1. The number of halogens is 1. The van der Waals surface area contributed by atoms with Crippen molar-refractivity contribution in [3.63, 3.8) is 0 Å². The molecule has 1 aromatic carbocycles. The largest absolute Gasteiger partial charge is 0.481 e. The number of hydrogen-bond acceptors (Lipinski definition) is 4. The molecule has 0 bridgehead atoms. The van der Waals surface area contributed by atoms with E-state index >= 15 is 0 Å². The highest BCUT2D eigenvalue weighted by molar-refractivity contribution is 9.10. The highest BCUT2D eigenvalue weighted by atomic mass is 79.9. The van der Waals surface area contributed by atoms with Crippen LogP contribution in [0.1, 0.15) is 25.5 Å². The predicted octanol–water partition coefficient (Wildman–Crippen LogP) is 2.71. The van der Waals surface area contributed by atoms with Gasteiger partial charge in [-0.25, -0.2) is 4.68 Å². The van der Waals surface area contributed by atoms with Gasteiger partial charge in [-0.1, -0.05) is 17.3 Å². The number of likely N-dealkylation sites (tertiary alicyclic amines) is 1. The van der Waals surface area contributed by atoms with Crippen LogP contribution in [0.5, 0.6) is 0 Å². The molecule has 1 aliphatic rings. The fourth-order valence-electron chi connectivity index (χ4n) is 2.94. The quantitative estimate of drug-likeness (QED) is 0.885. The summed E-state index contributed by atoms with van der Waals surface area (Å²) < 4.78 is 2.69. The van der Waals surface area contributed by atoms with Gasteiger partial charge in [0.15, 0.2) is 0 Å². The molecule has 2 unspecified atom stereocenters. The number of nitrogens with zero attached hydrogens (tertiary/aromatic N) is 4. The molecule has 1 fully saturated rings. The van der Waals surface area contributed by atoms with Gasteiger partial charge >= 0.3 is 5.97 Å². The Bertz CT molecular complexity index is 703. The van der Waals surface area contributed by atoms with Crippen molar-refractivity contribution in [1.82, 2.24) is 19.9 Å². The van der Waals surface area contributed by atoms with E-state index in [4.69, 9.17) is 0 Å². The predicted molar refractivity (Wildman–Crippen MR) is 89.3 cm³/mol. The first-order chi connectivity index (χ1) is 11.0. The molecular formula is C16H19BrN4O2. The maximum atomic E-state index is 11.2. The molecule has 6 nitrogen and oxygen atoms in total. The van der Waals surface area contributed by atoms with E-state index in [1.807, 2.05) is 30.5 Å². The van der Waals surface area contributed by atoms with Crippen molar-refractivity contribution in [2.45, 2.75) is 32.4 Å². The summed E-state index contributed by atoms with van der Waals surface area (Å²) in [5, 5.41) is 17.6. The van der Waals surface area contributed by atoms with E-state index < -0.39 is 5.97 Å². The molecule has 23 heavy (non-hydrogen) atoms.